The van der Waals surface area contributed by atoms with Crippen LogP contribution in [0.1, 0.15) is 27.0 Å². The molecule has 0 bridgehead atoms. The van der Waals surface area contributed by atoms with Crippen molar-refractivity contribution in [2.45, 2.75) is 12.4 Å². The normalized spacial score (nSPS) is 10.8. The number of nitrogens with zero attached hydrogens (tertiary/aromatic N) is 1. The van der Waals surface area contributed by atoms with E-state index in [0.29, 0.717) is 16.7 Å². The average molecular weight is 329 g/mol. The lowest BCUT2D eigenvalue weighted by molar-refractivity contribution is 0.0472. The molecular formula is C17H15NO4S. The van der Waals surface area contributed by atoms with Crippen molar-refractivity contribution in [3.8, 4) is 6.07 Å². The summed E-state index contributed by atoms with van der Waals surface area (Å²) in [4.78, 5) is 12.0. The molecule has 0 saturated carbocycles. The number of rotatable bonds is 5. The summed E-state index contributed by atoms with van der Waals surface area (Å²) in [6.07, 6.45) is 1.14. The SMILES string of the molecule is CS(=O)(=O)Cc1cccc(C(=O)OCc2ccc(C#N)cc2)c1. The van der Waals surface area contributed by atoms with Gasteiger partial charge in [-0.1, -0.05) is 24.3 Å². The Labute approximate surface area is 135 Å². The fourth-order valence-electron chi connectivity index (χ4n) is 2.00. The quantitative estimate of drug-likeness (QED) is 0.787. The van der Waals surface area contributed by atoms with Gasteiger partial charge in [-0.2, -0.15) is 5.26 Å². The van der Waals surface area contributed by atoms with Crippen molar-refractivity contribution >= 4 is 15.8 Å². The van der Waals surface area contributed by atoms with Crippen molar-refractivity contribution in [2.24, 2.45) is 0 Å². The molecule has 118 valence electrons. The van der Waals surface area contributed by atoms with Gasteiger partial charge in [-0.3, -0.25) is 0 Å². The van der Waals surface area contributed by atoms with E-state index in [2.05, 4.69) is 0 Å². The summed E-state index contributed by atoms with van der Waals surface area (Å²) in [6.45, 7) is 0.0842. The van der Waals surface area contributed by atoms with E-state index < -0.39 is 15.8 Å². The molecule has 0 radical (unpaired) electrons. The molecule has 0 fully saturated rings. The molecule has 23 heavy (non-hydrogen) atoms. The first kappa shape index (κ1) is 16.7. The second-order valence-electron chi connectivity index (χ2n) is 5.16. The van der Waals surface area contributed by atoms with Crippen LogP contribution in [0.4, 0.5) is 0 Å². The van der Waals surface area contributed by atoms with Crippen molar-refractivity contribution < 1.29 is 17.9 Å². The maximum atomic E-state index is 12.0. The summed E-state index contributed by atoms with van der Waals surface area (Å²) >= 11 is 0. The lowest BCUT2D eigenvalue weighted by Crippen LogP contribution is -2.07. The summed E-state index contributed by atoms with van der Waals surface area (Å²) in [5.41, 5.74) is 2.15. The maximum absolute atomic E-state index is 12.0. The molecule has 2 aromatic carbocycles. The number of carbonyl (C=O) groups is 1. The van der Waals surface area contributed by atoms with Gasteiger partial charge in [0.2, 0.25) is 0 Å². The minimum absolute atomic E-state index is 0.0842. The molecule has 0 spiro atoms. The van der Waals surface area contributed by atoms with Crippen LogP contribution in [0.3, 0.4) is 0 Å². The van der Waals surface area contributed by atoms with Crippen LogP contribution in [0.5, 0.6) is 0 Å². The molecule has 0 unspecified atom stereocenters. The summed E-state index contributed by atoms with van der Waals surface area (Å²) in [5.74, 6) is -0.645. The molecule has 2 rings (SSSR count). The zero-order chi connectivity index (χ0) is 16.9. The van der Waals surface area contributed by atoms with E-state index >= 15 is 0 Å². The number of benzene rings is 2. The number of ether oxygens (including phenoxy) is 1. The number of hydrogen-bond donors (Lipinski definition) is 0. The van der Waals surface area contributed by atoms with Gasteiger partial charge < -0.3 is 4.74 Å². The van der Waals surface area contributed by atoms with Gasteiger partial charge in [0.15, 0.2) is 9.84 Å². The van der Waals surface area contributed by atoms with E-state index in [1.807, 2.05) is 6.07 Å². The van der Waals surface area contributed by atoms with Crippen LogP contribution in [0, 0.1) is 11.3 Å². The van der Waals surface area contributed by atoms with Crippen LogP contribution >= 0.6 is 0 Å². The number of nitriles is 1. The minimum Gasteiger partial charge on any atom is -0.457 e. The average Bonchev–Trinajstić information content (AvgIpc) is 2.51. The van der Waals surface area contributed by atoms with Gasteiger partial charge in [0.25, 0.3) is 0 Å². The highest BCUT2D eigenvalue weighted by atomic mass is 32.2. The number of sulfone groups is 1. The highest BCUT2D eigenvalue weighted by Crippen LogP contribution is 2.12. The van der Waals surface area contributed by atoms with Crippen LogP contribution < -0.4 is 0 Å². The van der Waals surface area contributed by atoms with Crippen LogP contribution in [0.15, 0.2) is 48.5 Å². The predicted octanol–water partition coefficient (Wildman–Crippen LogP) is 2.46. The number of carbonyl (C=O) groups excluding carboxylic acids is 1. The molecule has 0 heterocycles. The van der Waals surface area contributed by atoms with Crippen LogP contribution in [-0.2, 0) is 26.9 Å². The van der Waals surface area contributed by atoms with Gasteiger partial charge in [-0.25, -0.2) is 13.2 Å². The molecular weight excluding hydrogens is 314 g/mol. The molecule has 0 saturated heterocycles. The highest BCUT2D eigenvalue weighted by molar-refractivity contribution is 7.89. The standard InChI is InChI=1S/C17H15NO4S/c1-23(20,21)12-15-3-2-4-16(9-15)17(19)22-11-14-7-5-13(10-18)6-8-14/h2-9H,11-12H2,1H3. The number of hydrogen-bond acceptors (Lipinski definition) is 5. The molecule has 0 aromatic heterocycles. The van der Waals surface area contributed by atoms with Gasteiger partial charge in [0, 0.05) is 6.26 Å². The van der Waals surface area contributed by atoms with E-state index in [1.54, 1.807) is 42.5 Å². The molecule has 0 aliphatic rings. The summed E-state index contributed by atoms with van der Waals surface area (Å²) in [6, 6.07) is 15.1. The molecule has 5 nitrogen and oxygen atoms in total. The summed E-state index contributed by atoms with van der Waals surface area (Å²) in [5, 5.41) is 8.72. The fraction of sp³-hybridized carbons (Fsp3) is 0.176. The second kappa shape index (κ2) is 7.07. The van der Waals surface area contributed by atoms with Crippen molar-refractivity contribution in [3.63, 3.8) is 0 Å². The lowest BCUT2D eigenvalue weighted by atomic mass is 10.1. The summed E-state index contributed by atoms with van der Waals surface area (Å²) < 4.78 is 27.8. The Morgan fingerprint density at radius 1 is 1.13 bits per heavy atom. The van der Waals surface area contributed by atoms with Crippen LogP contribution in [0.2, 0.25) is 0 Å². The first-order chi connectivity index (χ1) is 10.9. The Morgan fingerprint density at radius 2 is 1.83 bits per heavy atom. The third-order valence-corrected chi connectivity index (χ3v) is 3.90. The molecule has 2 aromatic rings. The first-order valence-corrected chi connectivity index (χ1v) is 8.86. The molecule has 0 atom stereocenters. The van der Waals surface area contributed by atoms with Gasteiger partial charge in [-0.15, -0.1) is 0 Å². The third-order valence-electron chi connectivity index (χ3n) is 3.04. The predicted molar refractivity (Wildman–Crippen MR) is 85.3 cm³/mol. The molecule has 0 aliphatic heterocycles. The van der Waals surface area contributed by atoms with E-state index in [9.17, 15) is 13.2 Å². The Kier molecular flexibility index (Phi) is 5.14. The van der Waals surface area contributed by atoms with Gasteiger partial charge in [-0.05, 0) is 35.4 Å². The zero-order valence-electron chi connectivity index (χ0n) is 12.5. The third kappa shape index (κ3) is 5.24. The van der Waals surface area contributed by atoms with Crippen molar-refractivity contribution in [1.82, 2.24) is 0 Å². The van der Waals surface area contributed by atoms with Crippen molar-refractivity contribution in [2.75, 3.05) is 6.26 Å². The first-order valence-electron chi connectivity index (χ1n) is 6.80. The van der Waals surface area contributed by atoms with E-state index in [4.69, 9.17) is 10.00 Å². The Morgan fingerprint density at radius 3 is 2.43 bits per heavy atom. The van der Waals surface area contributed by atoms with Gasteiger partial charge in [0.05, 0.1) is 22.9 Å². The molecule has 6 heteroatoms. The minimum atomic E-state index is -3.16. The van der Waals surface area contributed by atoms with E-state index in [-0.39, 0.29) is 12.4 Å². The van der Waals surface area contributed by atoms with Crippen LogP contribution in [0.25, 0.3) is 0 Å². The Hall–Kier alpha value is -2.65. The summed E-state index contributed by atoms with van der Waals surface area (Å²) in [7, 11) is -3.16. The van der Waals surface area contributed by atoms with E-state index in [0.717, 1.165) is 11.8 Å². The Bertz CT molecular complexity index is 849. The van der Waals surface area contributed by atoms with Gasteiger partial charge in [0.1, 0.15) is 6.61 Å². The van der Waals surface area contributed by atoms with Gasteiger partial charge >= 0.3 is 5.97 Å². The van der Waals surface area contributed by atoms with E-state index in [1.165, 1.54) is 6.07 Å². The topological polar surface area (TPSA) is 84.2 Å². The highest BCUT2D eigenvalue weighted by Gasteiger charge is 2.10. The molecule has 0 amide bonds. The Balaban J connectivity index is 2.03. The lowest BCUT2D eigenvalue weighted by Gasteiger charge is -2.06. The second-order valence-corrected chi connectivity index (χ2v) is 7.30. The smallest absolute Gasteiger partial charge is 0.338 e. The number of esters is 1. The zero-order valence-corrected chi connectivity index (χ0v) is 13.3. The monoisotopic (exact) mass is 329 g/mol. The van der Waals surface area contributed by atoms with Crippen molar-refractivity contribution in [3.05, 3.63) is 70.8 Å². The maximum Gasteiger partial charge on any atom is 0.338 e. The van der Waals surface area contributed by atoms with Crippen LogP contribution in [-0.4, -0.2) is 20.6 Å². The largest absolute Gasteiger partial charge is 0.457 e. The molecule has 0 N–H and O–H groups in total. The fourth-order valence-corrected chi connectivity index (χ4v) is 2.78. The molecule has 0 aliphatic carbocycles. The van der Waals surface area contributed by atoms with Crippen molar-refractivity contribution in [1.29, 1.82) is 5.26 Å².